The maximum absolute atomic E-state index is 3.42. The van der Waals surface area contributed by atoms with E-state index in [4.69, 9.17) is 0 Å². The molecule has 0 fully saturated rings. The minimum Gasteiger partial charge on any atom is -0.313 e. The molecule has 2 heteroatoms. The first-order valence-electron chi connectivity index (χ1n) is 5.73. The molecular weight excluding hydrogens is 214 g/mol. The number of thiophene rings is 1. The Hall–Kier alpha value is -1.12. The van der Waals surface area contributed by atoms with Crippen molar-refractivity contribution >= 4 is 11.3 Å². The zero-order valence-electron chi connectivity index (χ0n) is 9.57. The Kier molecular flexibility index (Phi) is 4.14. The van der Waals surface area contributed by atoms with Gasteiger partial charge in [-0.05, 0) is 35.5 Å². The number of nitrogens with one attached hydrogen (secondary N) is 1. The molecule has 1 heterocycles. The number of hydrogen-bond donors (Lipinski definition) is 1. The summed E-state index contributed by atoms with van der Waals surface area (Å²) in [6, 6.07) is 12.8. The second kappa shape index (κ2) is 5.83. The lowest BCUT2D eigenvalue weighted by atomic mass is 10.2. The lowest BCUT2D eigenvalue weighted by Gasteiger charge is -1.99. The van der Waals surface area contributed by atoms with Crippen LogP contribution in [0.15, 0.2) is 41.8 Å². The summed E-state index contributed by atoms with van der Waals surface area (Å²) in [7, 11) is 0. The van der Waals surface area contributed by atoms with Gasteiger partial charge in [0.25, 0.3) is 0 Å². The van der Waals surface area contributed by atoms with Gasteiger partial charge >= 0.3 is 0 Å². The highest BCUT2D eigenvalue weighted by atomic mass is 32.1. The van der Waals surface area contributed by atoms with Crippen LogP contribution in [-0.2, 0) is 6.54 Å². The highest BCUT2D eigenvalue weighted by Gasteiger charge is 2.01. The molecular formula is C14H17NS. The van der Waals surface area contributed by atoms with Crippen molar-refractivity contribution in [3.63, 3.8) is 0 Å². The fraction of sp³-hybridized carbons (Fsp3) is 0.286. The van der Waals surface area contributed by atoms with Crippen molar-refractivity contribution in [3.8, 4) is 10.4 Å². The Balaban J connectivity index is 2.02. The summed E-state index contributed by atoms with van der Waals surface area (Å²) in [4.78, 5) is 1.36. The average Bonchev–Trinajstić information content (AvgIpc) is 2.79. The molecule has 1 N–H and O–H groups in total. The highest BCUT2D eigenvalue weighted by Crippen LogP contribution is 2.26. The van der Waals surface area contributed by atoms with Gasteiger partial charge in [-0.15, -0.1) is 11.3 Å². The topological polar surface area (TPSA) is 12.0 Å². The van der Waals surface area contributed by atoms with Crippen molar-refractivity contribution in [1.82, 2.24) is 5.32 Å². The fourth-order valence-electron chi connectivity index (χ4n) is 1.63. The van der Waals surface area contributed by atoms with E-state index >= 15 is 0 Å². The first-order valence-corrected chi connectivity index (χ1v) is 6.61. The first-order chi connectivity index (χ1) is 7.90. The standard InChI is InChI=1S/C14H17NS/c1-2-8-15-10-12-9-14(16-11-12)13-6-4-3-5-7-13/h3-7,9,11,15H,2,8,10H2,1H3. The van der Waals surface area contributed by atoms with Gasteiger partial charge in [-0.25, -0.2) is 0 Å². The molecule has 1 nitrogen and oxygen atoms in total. The van der Waals surface area contributed by atoms with Crippen molar-refractivity contribution in [1.29, 1.82) is 0 Å². The number of benzene rings is 1. The molecule has 0 aliphatic heterocycles. The quantitative estimate of drug-likeness (QED) is 0.769. The van der Waals surface area contributed by atoms with Gasteiger partial charge in [-0.2, -0.15) is 0 Å². The molecule has 2 aromatic rings. The van der Waals surface area contributed by atoms with Gasteiger partial charge in [0.2, 0.25) is 0 Å². The van der Waals surface area contributed by atoms with Crippen molar-refractivity contribution in [2.75, 3.05) is 6.54 Å². The SMILES string of the molecule is CCCNCc1csc(-c2ccccc2)c1. The average molecular weight is 231 g/mol. The molecule has 0 radical (unpaired) electrons. The van der Waals surface area contributed by atoms with Gasteiger partial charge in [-0.3, -0.25) is 0 Å². The molecule has 0 aliphatic carbocycles. The van der Waals surface area contributed by atoms with Crippen LogP contribution < -0.4 is 5.32 Å². The Morgan fingerprint density at radius 1 is 1.19 bits per heavy atom. The zero-order valence-corrected chi connectivity index (χ0v) is 10.4. The number of rotatable bonds is 5. The Morgan fingerprint density at radius 3 is 2.75 bits per heavy atom. The molecule has 0 unspecified atom stereocenters. The van der Waals surface area contributed by atoms with Gasteiger partial charge in [0.1, 0.15) is 0 Å². The van der Waals surface area contributed by atoms with E-state index in [1.54, 1.807) is 0 Å². The molecule has 1 aromatic carbocycles. The van der Waals surface area contributed by atoms with Crippen LogP contribution in [0.1, 0.15) is 18.9 Å². The molecule has 0 spiro atoms. The van der Waals surface area contributed by atoms with Crippen molar-refractivity contribution in [2.45, 2.75) is 19.9 Å². The van der Waals surface area contributed by atoms with E-state index in [0.29, 0.717) is 0 Å². The minimum absolute atomic E-state index is 0.983. The summed E-state index contributed by atoms with van der Waals surface area (Å²) < 4.78 is 0. The lowest BCUT2D eigenvalue weighted by Crippen LogP contribution is -2.12. The predicted octanol–water partition coefficient (Wildman–Crippen LogP) is 3.91. The van der Waals surface area contributed by atoms with Crippen LogP contribution in [0, 0.1) is 0 Å². The second-order valence-electron chi connectivity index (χ2n) is 3.86. The molecule has 0 saturated carbocycles. The van der Waals surface area contributed by atoms with Gasteiger partial charge in [0, 0.05) is 11.4 Å². The predicted molar refractivity (Wildman–Crippen MR) is 71.8 cm³/mol. The summed E-state index contributed by atoms with van der Waals surface area (Å²) >= 11 is 1.82. The summed E-state index contributed by atoms with van der Waals surface area (Å²) in [5.41, 5.74) is 2.70. The Morgan fingerprint density at radius 2 is 2.00 bits per heavy atom. The fourth-order valence-corrected chi connectivity index (χ4v) is 2.55. The van der Waals surface area contributed by atoms with Crippen LogP contribution in [0.2, 0.25) is 0 Å². The zero-order chi connectivity index (χ0) is 11.2. The van der Waals surface area contributed by atoms with Crippen molar-refractivity contribution < 1.29 is 0 Å². The molecule has 1 aromatic heterocycles. The molecule has 2 rings (SSSR count). The second-order valence-corrected chi connectivity index (χ2v) is 4.77. The molecule has 16 heavy (non-hydrogen) atoms. The van der Waals surface area contributed by atoms with E-state index < -0.39 is 0 Å². The van der Waals surface area contributed by atoms with Crippen LogP contribution in [0.4, 0.5) is 0 Å². The third-order valence-electron chi connectivity index (χ3n) is 2.47. The maximum atomic E-state index is 3.42. The summed E-state index contributed by atoms with van der Waals surface area (Å²) in [6.45, 7) is 4.27. The molecule has 0 aliphatic rings. The Labute approximate surface area is 101 Å². The third-order valence-corrected chi connectivity index (χ3v) is 3.50. The smallest absolute Gasteiger partial charge is 0.0346 e. The van der Waals surface area contributed by atoms with Gasteiger partial charge < -0.3 is 5.32 Å². The summed E-state index contributed by atoms with van der Waals surface area (Å²) in [5, 5.41) is 5.66. The van der Waals surface area contributed by atoms with E-state index in [9.17, 15) is 0 Å². The highest BCUT2D eigenvalue weighted by molar-refractivity contribution is 7.13. The third kappa shape index (κ3) is 2.94. The van der Waals surface area contributed by atoms with Crippen LogP contribution in [-0.4, -0.2) is 6.54 Å². The van der Waals surface area contributed by atoms with E-state index in [0.717, 1.165) is 13.1 Å². The molecule has 0 amide bonds. The van der Waals surface area contributed by atoms with Gasteiger partial charge in [-0.1, -0.05) is 37.3 Å². The molecule has 0 bridgehead atoms. The van der Waals surface area contributed by atoms with Gasteiger partial charge in [0.15, 0.2) is 0 Å². The molecule has 0 atom stereocenters. The minimum atomic E-state index is 0.983. The van der Waals surface area contributed by atoms with E-state index in [-0.39, 0.29) is 0 Å². The van der Waals surface area contributed by atoms with E-state index in [1.165, 1.54) is 22.4 Å². The Bertz CT molecular complexity index is 419. The van der Waals surface area contributed by atoms with Crippen LogP contribution >= 0.6 is 11.3 Å². The number of hydrogen-bond acceptors (Lipinski definition) is 2. The van der Waals surface area contributed by atoms with Gasteiger partial charge in [0.05, 0.1) is 0 Å². The van der Waals surface area contributed by atoms with Crippen molar-refractivity contribution in [2.24, 2.45) is 0 Å². The monoisotopic (exact) mass is 231 g/mol. The van der Waals surface area contributed by atoms with Crippen LogP contribution in [0.25, 0.3) is 10.4 Å². The normalized spacial score (nSPS) is 10.6. The maximum Gasteiger partial charge on any atom is 0.0346 e. The summed E-state index contributed by atoms with van der Waals surface area (Å²) in [6.07, 6.45) is 1.19. The lowest BCUT2D eigenvalue weighted by molar-refractivity contribution is 0.677. The summed E-state index contributed by atoms with van der Waals surface area (Å²) in [5.74, 6) is 0. The first kappa shape index (κ1) is 11.4. The van der Waals surface area contributed by atoms with E-state index in [1.807, 2.05) is 11.3 Å². The van der Waals surface area contributed by atoms with Crippen molar-refractivity contribution in [3.05, 3.63) is 47.3 Å². The molecule has 0 saturated heterocycles. The largest absolute Gasteiger partial charge is 0.313 e. The molecule has 84 valence electrons. The van der Waals surface area contributed by atoms with Crippen LogP contribution in [0.5, 0.6) is 0 Å². The van der Waals surface area contributed by atoms with Crippen LogP contribution in [0.3, 0.4) is 0 Å². The van der Waals surface area contributed by atoms with E-state index in [2.05, 4.69) is 54.0 Å².